The van der Waals surface area contributed by atoms with Crippen molar-refractivity contribution in [1.82, 2.24) is 4.90 Å². The van der Waals surface area contributed by atoms with Gasteiger partial charge in [0.15, 0.2) is 0 Å². The molecule has 1 heterocycles. The lowest BCUT2D eigenvalue weighted by atomic mass is 10.0. The number of piperidine rings is 1. The van der Waals surface area contributed by atoms with Crippen LogP contribution in [0.25, 0.3) is 0 Å². The summed E-state index contributed by atoms with van der Waals surface area (Å²) in [5.41, 5.74) is 0.633. The van der Waals surface area contributed by atoms with Gasteiger partial charge in [-0.15, -0.1) is 0 Å². The van der Waals surface area contributed by atoms with Gasteiger partial charge in [-0.2, -0.15) is 0 Å². The Labute approximate surface area is 107 Å². The van der Waals surface area contributed by atoms with Crippen LogP contribution < -0.4 is 0 Å². The lowest BCUT2D eigenvalue weighted by molar-refractivity contribution is -0.136. The minimum atomic E-state index is -0.822. The molecule has 0 aliphatic carbocycles. The van der Waals surface area contributed by atoms with Crippen LogP contribution in [0, 0.1) is 0 Å². The molecular formula is C13H21NO4. The topological polar surface area (TPSA) is 66.8 Å². The Kier molecular flexibility index (Phi) is 4.76. The molecule has 0 bridgehead atoms. The van der Waals surface area contributed by atoms with Gasteiger partial charge in [0.25, 0.3) is 0 Å². The van der Waals surface area contributed by atoms with E-state index < -0.39 is 11.6 Å². The molecule has 1 rings (SSSR count). The Hall–Kier alpha value is -1.52. The van der Waals surface area contributed by atoms with Gasteiger partial charge in [-0.25, -0.2) is 4.79 Å². The first-order chi connectivity index (χ1) is 8.28. The summed E-state index contributed by atoms with van der Waals surface area (Å²) in [5, 5.41) is 8.58. The average Bonchev–Trinajstić information content (AvgIpc) is 2.24. The molecule has 1 aliphatic rings. The number of carbonyl (C=O) groups is 2. The zero-order valence-corrected chi connectivity index (χ0v) is 11.2. The van der Waals surface area contributed by atoms with E-state index in [1.807, 2.05) is 20.8 Å². The first kappa shape index (κ1) is 14.5. The summed E-state index contributed by atoms with van der Waals surface area (Å²) in [6, 6.07) is 0. The van der Waals surface area contributed by atoms with Crippen LogP contribution in [0.3, 0.4) is 0 Å². The molecule has 1 N–H and O–H groups in total. The lowest BCUT2D eigenvalue weighted by Crippen LogP contribution is -2.40. The summed E-state index contributed by atoms with van der Waals surface area (Å²) in [6.45, 7) is 6.72. The molecule has 0 aromatic rings. The molecule has 5 heteroatoms. The maximum atomic E-state index is 11.8. The number of amides is 1. The first-order valence-electron chi connectivity index (χ1n) is 6.15. The van der Waals surface area contributed by atoms with Crippen molar-refractivity contribution in [3.8, 4) is 0 Å². The molecule has 18 heavy (non-hydrogen) atoms. The van der Waals surface area contributed by atoms with Gasteiger partial charge in [0.2, 0.25) is 0 Å². The van der Waals surface area contributed by atoms with Gasteiger partial charge in [0.05, 0.1) is 6.42 Å². The van der Waals surface area contributed by atoms with Crippen LogP contribution in [0.1, 0.15) is 40.0 Å². The zero-order chi connectivity index (χ0) is 13.8. The fourth-order valence-electron chi connectivity index (χ4n) is 1.74. The van der Waals surface area contributed by atoms with E-state index in [1.54, 1.807) is 11.0 Å². The fraction of sp³-hybridized carbons (Fsp3) is 0.692. The Morgan fingerprint density at radius 1 is 1.33 bits per heavy atom. The maximum Gasteiger partial charge on any atom is 0.410 e. The normalized spacial score (nSPS) is 16.4. The van der Waals surface area contributed by atoms with Gasteiger partial charge in [-0.3, -0.25) is 4.79 Å². The van der Waals surface area contributed by atoms with Crippen LogP contribution in [-0.4, -0.2) is 40.8 Å². The van der Waals surface area contributed by atoms with E-state index in [4.69, 9.17) is 9.84 Å². The number of aliphatic carboxylic acids is 1. The molecule has 1 fully saturated rings. The molecule has 0 saturated carbocycles. The van der Waals surface area contributed by atoms with Crippen LogP contribution in [0.15, 0.2) is 11.6 Å². The second-order valence-electron chi connectivity index (χ2n) is 5.43. The highest BCUT2D eigenvalue weighted by Gasteiger charge is 2.24. The fourth-order valence-corrected chi connectivity index (χ4v) is 1.74. The summed E-state index contributed by atoms with van der Waals surface area (Å²) in [7, 11) is 0. The van der Waals surface area contributed by atoms with Gasteiger partial charge in [-0.05, 0) is 33.6 Å². The lowest BCUT2D eigenvalue weighted by Gasteiger charge is -2.31. The molecule has 0 aromatic heterocycles. The van der Waals surface area contributed by atoms with Crippen molar-refractivity contribution in [2.24, 2.45) is 0 Å². The van der Waals surface area contributed by atoms with Crippen molar-refractivity contribution in [3.05, 3.63) is 11.6 Å². The number of ether oxygens (including phenoxy) is 1. The van der Waals surface area contributed by atoms with Gasteiger partial charge >= 0.3 is 12.1 Å². The molecule has 0 aromatic carbocycles. The molecule has 1 saturated heterocycles. The number of hydrogen-bond acceptors (Lipinski definition) is 3. The number of carbonyl (C=O) groups excluding carboxylic acids is 1. The smallest absolute Gasteiger partial charge is 0.410 e. The number of hydrogen-bond donors (Lipinski definition) is 1. The van der Waals surface area contributed by atoms with Gasteiger partial charge in [0, 0.05) is 13.1 Å². The van der Waals surface area contributed by atoms with Crippen molar-refractivity contribution in [3.63, 3.8) is 0 Å². The van der Waals surface area contributed by atoms with Crippen molar-refractivity contribution in [2.45, 2.75) is 45.6 Å². The number of carboxylic acids is 1. The second-order valence-corrected chi connectivity index (χ2v) is 5.43. The number of rotatable bonds is 2. The quantitative estimate of drug-likeness (QED) is 0.769. The van der Waals surface area contributed by atoms with E-state index in [-0.39, 0.29) is 12.5 Å². The third kappa shape index (κ3) is 5.21. The standard InChI is InChI=1S/C13H21NO4/c1-13(2,3)18-12(17)14-8-6-10(7-9-14)4-5-11(15)16/h4H,5-9H2,1-3H3,(H,15,16). The molecule has 0 spiro atoms. The summed E-state index contributed by atoms with van der Waals surface area (Å²) < 4.78 is 5.28. The van der Waals surface area contributed by atoms with E-state index in [0.29, 0.717) is 13.1 Å². The minimum absolute atomic E-state index is 0.0573. The van der Waals surface area contributed by atoms with E-state index in [9.17, 15) is 9.59 Å². The molecule has 1 aliphatic heterocycles. The zero-order valence-electron chi connectivity index (χ0n) is 11.2. The third-order valence-corrected chi connectivity index (χ3v) is 2.62. The molecule has 0 atom stereocenters. The highest BCUT2D eigenvalue weighted by atomic mass is 16.6. The van der Waals surface area contributed by atoms with Crippen LogP contribution in [0.5, 0.6) is 0 Å². The molecule has 5 nitrogen and oxygen atoms in total. The second kappa shape index (κ2) is 5.89. The van der Waals surface area contributed by atoms with Crippen molar-refractivity contribution < 1.29 is 19.4 Å². The highest BCUT2D eigenvalue weighted by molar-refractivity contribution is 5.69. The number of likely N-dealkylation sites (tertiary alicyclic amines) is 1. The predicted molar refractivity (Wildman–Crippen MR) is 67.4 cm³/mol. The Balaban J connectivity index is 2.42. The van der Waals surface area contributed by atoms with Crippen LogP contribution >= 0.6 is 0 Å². The Morgan fingerprint density at radius 3 is 2.33 bits per heavy atom. The first-order valence-corrected chi connectivity index (χ1v) is 6.15. The minimum Gasteiger partial charge on any atom is -0.481 e. The van der Waals surface area contributed by atoms with Crippen LogP contribution in [0.2, 0.25) is 0 Å². The molecule has 0 radical (unpaired) electrons. The van der Waals surface area contributed by atoms with E-state index >= 15 is 0 Å². The van der Waals surface area contributed by atoms with Crippen molar-refractivity contribution in [2.75, 3.05) is 13.1 Å². The van der Waals surface area contributed by atoms with Gasteiger partial charge in [-0.1, -0.05) is 11.6 Å². The summed E-state index contributed by atoms with van der Waals surface area (Å²) in [5.74, 6) is -0.822. The Morgan fingerprint density at radius 2 is 1.89 bits per heavy atom. The van der Waals surface area contributed by atoms with E-state index in [2.05, 4.69) is 0 Å². The largest absolute Gasteiger partial charge is 0.481 e. The van der Waals surface area contributed by atoms with Crippen molar-refractivity contribution >= 4 is 12.1 Å². The molecule has 0 unspecified atom stereocenters. The van der Waals surface area contributed by atoms with E-state index in [0.717, 1.165) is 18.4 Å². The third-order valence-electron chi connectivity index (χ3n) is 2.62. The summed E-state index contributed by atoms with van der Waals surface area (Å²) in [6.07, 6.45) is 2.97. The summed E-state index contributed by atoms with van der Waals surface area (Å²) >= 11 is 0. The number of nitrogens with zero attached hydrogens (tertiary/aromatic N) is 1. The molecule has 102 valence electrons. The van der Waals surface area contributed by atoms with Gasteiger partial charge < -0.3 is 14.7 Å². The average molecular weight is 255 g/mol. The van der Waals surface area contributed by atoms with Crippen LogP contribution in [-0.2, 0) is 9.53 Å². The Bertz CT molecular complexity index is 344. The van der Waals surface area contributed by atoms with E-state index in [1.165, 1.54) is 0 Å². The highest BCUT2D eigenvalue weighted by Crippen LogP contribution is 2.19. The summed E-state index contributed by atoms with van der Waals surface area (Å²) in [4.78, 5) is 23.9. The van der Waals surface area contributed by atoms with Gasteiger partial charge in [0.1, 0.15) is 5.60 Å². The molecular weight excluding hydrogens is 234 g/mol. The van der Waals surface area contributed by atoms with Crippen molar-refractivity contribution in [1.29, 1.82) is 0 Å². The monoisotopic (exact) mass is 255 g/mol. The predicted octanol–water partition coefficient (Wildman–Crippen LogP) is 2.42. The maximum absolute atomic E-state index is 11.8. The molecule has 1 amide bonds. The SMILES string of the molecule is CC(C)(C)OC(=O)N1CCC(=CCC(=O)O)CC1. The van der Waals surface area contributed by atoms with Crippen LogP contribution in [0.4, 0.5) is 4.79 Å². The number of carboxylic acid groups (broad SMARTS) is 1.